The molecule has 22 N–H and O–H groups in total. The van der Waals surface area contributed by atoms with Crippen molar-refractivity contribution < 1.29 is 63.6 Å². The van der Waals surface area contributed by atoms with Crippen LogP contribution < -0.4 is 71.2 Å². The normalized spacial score (nSPS) is 15.1. The van der Waals surface area contributed by atoms with Gasteiger partial charge in [-0.1, -0.05) is 64.8 Å². The molecular weight excluding hydrogens is 1030 g/mol. The Bertz CT molecular complexity index is 2420. The number of nitrogens with two attached hydrogens (primary N) is 5. The lowest BCUT2D eigenvalue weighted by Gasteiger charge is -2.29. The maximum Gasteiger partial charge on any atom is 0.326 e. The third kappa shape index (κ3) is 24.3. The second-order valence-electron chi connectivity index (χ2n) is 19.2. The molecule has 79 heavy (non-hydrogen) atoms. The van der Waals surface area contributed by atoms with E-state index in [0.29, 0.717) is 30.4 Å². The molecule has 8 amide bonds. The van der Waals surface area contributed by atoms with E-state index in [0.717, 1.165) is 0 Å². The average Bonchev–Trinajstić information content (AvgIpc) is 3.40. The Morgan fingerprint density at radius 2 is 0.949 bits per heavy atom. The predicted molar refractivity (Wildman–Crippen MR) is 292 cm³/mol. The molecule has 0 aromatic heterocycles. The van der Waals surface area contributed by atoms with Crippen LogP contribution in [0.3, 0.4) is 0 Å². The number of nitrogens with zero attached hydrogens (tertiary/aromatic N) is 2. The molecule has 0 heterocycles. The number of aromatic hydroxyl groups is 2. The fourth-order valence-corrected chi connectivity index (χ4v) is 7.59. The van der Waals surface area contributed by atoms with Crippen molar-refractivity contribution in [2.75, 3.05) is 19.6 Å². The summed E-state index contributed by atoms with van der Waals surface area (Å²) in [4.78, 5) is 129. The lowest BCUT2D eigenvalue weighted by molar-refractivity contribution is -0.142. The van der Waals surface area contributed by atoms with Crippen LogP contribution in [0.1, 0.15) is 91.2 Å². The van der Waals surface area contributed by atoms with Crippen LogP contribution >= 0.6 is 0 Å². The number of aliphatic carboxylic acids is 1. The zero-order valence-electron chi connectivity index (χ0n) is 45.5. The van der Waals surface area contributed by atoms with Crippen molar-refractivity contribution in [1.29, 1.82) is 0 Å². The number of carbonyl (C=O) groups excluding carboxylic acids is 8. The number of aliphatic hydroxyl groups is 1. The first kappa shape index (κ1) is 66.8. The van der Waals surface area contributed by atoms with Gasteiger partial charge in [-0.2, -0.15) is 0 Å². The van der Waals surface area contributed by atoms with E-state index in [4.69, 9.17) is 28.7 Å². The van der Waals surface area contributed by atoms with Crippen LogP contribution in [0.2, 0.25) is 0 Å². The van der Waals surface area contributed by atoms with Crippen LogP contribution in [-0.4, -0.2) is 160 Å². The number of carbonyl (C=O) groups is 9. The molecule has 438 valence electrons. The molecule has 0 aliphatic carbocycles. The van der Waals surface area contributed by atoms with Crippen molar-refractivity contribution in [3.63, 3.8) is 0 Å². The fourth-order valence-electron chi connectivity index (χ4n) is 7.59. The number of hydrogen-bond acceptors (Lipinski definition) is 15. The van der Waals surface area contributed by atoms with Crippen LogP contribution in [-0.2, 0) is 56.0 Å². The minimum absolute atomic E-state index is 0.0423. The van der Waals surface area contributed by atoms with E-state index < -0.39 is 126 Å². The zero-order chi connectivity index (χ0) is 59.5. The molecule has 0 unspecified atom stereocenters. The third-order valence-corrected chi connectivity index (χ3v) is 12.7. The number of carboxylic acids is 1. The van der Waals surface area contributed by atoms with E-state index in [1.54, 1.807) is 27.7 Å². The molecule has 0 radical (unpaired) electrons. The lowest BCUT2D eigenvalue weighted by Crippen LogP contribution is -2.61. The Hall–Kier alpha value is -8.27. The molecule has 0 saturated heterocycles. The summed E-state index contributed by atoms with van der Waals surface area (Å²) in [6, 6.07) is 0.661. The quantitative estimate of drug-likeness (QED) is 0.0183. The summed E-state index contributed by atoms with van der Waals surface area (Å²) in [5, 5.41) is 60.4. The van der Waals surface area contributed by atoms with Gasteiger partial charge in [-0.05, 0) is 86.8 Å². The first-order valence-electron chi connectivity index (χ1n) is 25.9. The van der Waals surface area contributed by atoms with Gasteiger partial charge in [0.25, 0.3) is 0 Å². The van der Waals surface area contributed by atoms with Crippen molar-refractivity contribution in [3.8, 4) is 11.5 Å². The van der Waals surface area contributed by atoms with Gasteiger partial charge in [0.15, 0.2) is 11.9 Å². The number of phenolic OH excluding ortho intramolecular Hbond substituents is 2. The minimum atomic E-state index is -1.71. The zero-order valence-corrected chi connectivity index (χ0v) is 45.5. The Morgan fingerprint density at radius 3 is 1.41 bits per heavy atom. The molecule has 0 bridgehead atoms. The van der Waals surface area contributed by atoms with Crippen molar-refractivity contribution in [2.24, 2.45) is 50.5 Å². The van der Waals surface area contributed by atoms with Crippen LogP contribution in [0.25, 0.3) is 0 Å². The SMILES string of the molecule is CC[C@H](C)[C@H](NC(=O)[C@H](Cc1ccc(O)cc1)NC(=O)CNC(=O)[C@@H](NC(=O)[C@@H](NC(=O)[C@H](CCCN=C(N)N)NC(=O)[C@H](C)NC(=O)[C@@H](N)CCCN=C(N)N)[C@@H](C)CC)[C@@H](C)O)C(=O)N[C@@H](Cc1ccc(O)cc1)C(=O)O. The molecule has 2 rings (SSSR count). The first-order valence-corrected chi connectivity index (χ1v) is 25.9. The number of guanidine groups is 2. The number of phenols is 2. The van der Waals surface area contributed by atoms with Gasteiger partial charge in [-0.3, -0.25) is 48.3 Å². The first-order chi connectivity index (χ1) is 37.2. The van der Waals surface area contributed by atoms with Gasteiger partial charge in [0, 0.05) is 25.9 Å². The topological polar surface area (TPSA) is 486 Å². The van der Waals surface area contributed by atoms with Gasteiger partial charge in [0.2, 0.25) is 47.3 Å². The fraction of sp³-hybridized carbons (Fsp3) is 0.549. The van der Waals surface area contributed by atoms with Crippen molar-refractivity contribution in [3.05, 3.63) is 59.7 Å². The van der Waals surface area contributed by atoms with E-state index in [1.807, 2.05) is 0 Å². The number of aliphatic imine (C=N–C) groups is 2. The third-order valence-electron chi connectivity index (χ3n) is 12.7. The monoisotopic (exact) mass is 1110 g/mol. The molecule has 0 aliphatic rings. The standard InChI is InChI=1S/C51H81N15O13/c1-7-26(3)39(47(76)63-37(49(78)79)24-31-15-19-33(69)20-16-31)65-45(74)36(23-30-13-17-32(68)18-14-30)61-38(70)25-59-46(75)41(29(6)67)66-48(77)40(27(4)8-2)64-44(73)35(12-10-22-58-51(55)56)62-42(71)28(5)60-43(72)34(52)11-9-21-57-50(53)54/h13-20,26-29,34-37,39-41,67-69H,7-12,21-25,52H2,1-6H3,(H,59,75)(H,60,72)(H,61,70)(H,62,71)(H,63,76)(H,64,73)(H,65,74)(H,66,77)(H,78,79)(H4,53,54,57)(H4,55,56,58)/t26-,27-,28-,29+,34-,35-,36-,37-,39-,40-,41-/m0/s1. The van der Waals surface area contributed by atoms with E-state index >= 15 is 0 Å². The van der Waals surface area contributed by atoms with Gasteiger partial charge in [-0.15, -0.1) is 0 Å². The second-order valence-corrected chi connectivity index (χ2v) is 19.2. The Morgan fingerprint density at radius 1 is 0.519 bits per heavy atom. The highest BCUT2D eigenvalue weighted by atomic mass is 16.4. The summed E-state index contributed by atoms with van der Waals surface area (Å²) in [6.45, 7) is 8.81. The maximum atomic E-state index is 14.1. The van der Waals surface area contributed by atoms with Gasteiger partial charge < -0.3 is 91.6 Å². The summed E-state index contributed by atoms with van der Waals surface area (Å²) in [7, 11) is 0. The van der Waals surface area contributed by atoms with Gasteiger partial charge in [0.1, 0.15) is 53.8 Å². The van der Waals surface area contributed by atoms with Crippen molar-refractivity contribution in [1.82, 2.24) is 42.5 Å². The molecule has 28 heteroatoms. The molecule has 0 saturated carbocycles. The number of benzene rings is 2. The number of amides is 8. The summed E-state index contributed by atoms with van der Waals surface area (Å²) in [6.07, 6.45) is -0.563. The predicted octanol–water partition coefficient (Wildman–Crippen LogP) is -3.60. The molecule has 2 aromatic carbocycles. The number of nitrogens with one attached hydrogen (secondary N) is 8. The number of hydrogen-bond donors (Lipinski definition) is 17. The van der Waals surface area contributed by atoms with Gasteiger partial charge >= 0.3 is 5.97 Å². The Kier molecular flexibility index (Phi) is 28.6. The van der Waals surface area contributed by atoms with Crippen LogP contribution in [0.5, 0.6) is 11.5 Å². The molecule has 0 aliphatic heterocycles. The van der Waals surface area contributed by atoms with Crippen LogP contribution in [0.4, 0.5) is 0 Å². The van der Waals surface area contributed by atoms with E-state index in [1.165, 1.54) is 62.4 Å². The smallest absolute Gasteiger partial charge is 0.326 e. The van der Waals surface area contributed by atoms with E-state index in [9.17, 15) is 63.6 Å². The average molecular weight is 1110 g/mol. The molecule has 0 fully saturated rings. The Labute approximate surface area is 458 Å². The van der Waals surface area contributed by atoms with Crippen LogP contribution in [0.15, 0.2) is 58.5 Å². The number of rotatable bonds is 34. The highest BCUT2D eigenvalue weighted by Gasteiger charge is 2.36. The molecule has 28 nitrogen and oxygen atoms in total. The second kappa shape index (κ2) is 33.8. The highest BCUT2D eigenvalue weighted by molar-refractivity contribution is 5.97. The molecular formula is C51H81N15O13. The van der Waals surface area contributed by atoms with E-state index in [-0.39, 0.29) is 68.6 Å². The minimum Gasteiger partial charge on any atom is -0.508 e. The highest BCUT2D eigenvalue weighted by Crippen LogP contribution is 2.16. The summed E-state index contributed by atoms with van der Waals surface area (Å²) < 4.78 is 0. The summed E-state index contributed by atoms with van der Waals surface area (Å²) in [5.41, 5.74) is 28.5. The molecule has 0 spiro atoms. The summed E-state index contributed by atoms with van der Waals surface area (Å²) >= 11 is 0. The molecule has 11 atom stereocenters. The number of carboxylic acid groups (broad SMARTS) is 1. The van der Waals surface area contributed by atoms with Crippen molar-refractivity contribution >= 4 is 65.1 Å². The maximum absolute atomic E-state index is 14.1. The Balaban J connectivity index is 2.28. The van der Waals surface area contributed by atoms with Gasteiger partial charge in [0.05, 0.1) is 18.7 Å². The number of aliphatic hydroxyl groups excluding tert-OH is 1. The summed E-state index contributed by atoms with van der Waals surface area (Å²) in [5.74, 6) is -9.84. The molecule has 2 aromatic rings. The van der Waals surface area contributed by atoms with Gasteiger partial charge in [-0.25, -0.2) is 4.79 Å². The van der Waals surface area contributed by atoms with Crippen LogP contribution in [0, 0.1) is 11.8 Å². The van der Waals surface area contributed by atoms with Crippen molar-refractivity contribution in [2.45, 2.75) is 147 Å². The van der Waals surface area contributed by atoms with E-state index in [2.05, 4.69) is 52.5 Å². The lowest BCUT2D eigenvalue weighted by atomic mass is 9.96. The largest absolute Gasteiger partial charge is 0.508 e.